The summed E-state index contributed by atoms with van der Waals surface area (Å²) >= 11 is 0. The molecule has 35 heavy (non-hydrogen) atoms. The molecule has 0 unspecified atom stereocenters. The second kappa shape index (κ2) is 9.55. The van der Waals surface area contributed by atoms with E-state index in [2.05, 4.69) is 5.32 Å². The van der Waals surface area contributed by atoms with Crippen molar-refractivity contribution >= 4 is 11.7 Å². The molecule has 186 valence electrons. The number of hydrogen-bond acceptors (Lipinski definition) is 4. The van der Waals surface area contributed by atoms with E-state index in [0.717, 1.165) is 46.9 Å². The Morgan fingerprint density at radius 3 is 2.29 bits per heavy atom. The molecule has 1 N–H and O–H groups in total. The Hall–Kier alpha value is -2.43. The Morgan fingerprint density at radius 1 is 1.00 bits per heavy atom. The van der Waals surface area contributed by atoms with Crippen molar-refractivity contribution in [2.75, 3.05) is 12.4 Å². The molecule has 5 aliphatic rings. The van der Waals surface area contributed by atoms with Crippen LogP contribution in [0.4, 0.5) is 5.82 Å². The lowest BCUT2D eigenvalue weighted by molar-refractivity contribution is -0.117. The van der Waals surface area contributed by atoms with Crippen LogP contribution in [0.5, 0.6) is 5.75 Å². The maximum absolute atomic E-state index is 13.0. The first kappa shape index (κ1) is 23.0. The highest BCUT2D eigenvalue weighted by Gasteiger charge is 2.51. The smallest absolute Gasteiger partial charge is 0.225 e. The number of amides is 1. The summed E-state index contributed by atoms with van der Waals surface area (Å²) in [5.74, 6) is 4.83. The van der Waals surface area contributed by atoms with Crippen LogP contribution < -0.4 is 10.1 Å². The van der Waals surface area contributed by atoms with E-state index in [1.54, 1.807) is 7.11 Å². The number of hydrogen-bond donors (Lipinski definition) is 1. The van der Waals surface area contributed by atoms with Gasteiger partial charge >= 0.3 is 0 Å². The molecular weight excluding hydrogens is 434 g/mol. The minimum absolute atomic E-state index is 0.107. The number of nitrogens with one attached hydrogen (secondary N) is 1. The first-order valence-electron chi connectivity index (χ1n) is 13.9. The van der Waals surface area contributed by atoms with Gasteiger partial charge in [0, 0.05) is 12.0 Å². The number of ether oxygens (including phenoxy) is 1. The Bertz CT molecular complexity index is 1020. The van der Waals surface area contributed by atoms with E-state index in [4.69, 9.17) is 14.7 Å². The van der Waals surface area contributed by atoms with Crippen LogP contribution in [0.2, 0.25) is 0 Å². The monoisotopic (exact) mass is 473 g/mol. The van der Waals surface area contributed by atoms with E-state index in [1.807, 2.05) is 30.5 Å². The zero-order valence-corrected chi connectivity index (χ0v) is 21.1. The van der Waals surface area contributed by atoms with Gasteiger partial charge in [0.05, 0.1) is 24.7 Å². The number of carbonyl (C=O) groups is 1. The molecule has 7 rings (SSSR count). The van der Waals surface area contributed by atoms with E-state index in [1.165, 1.54) is 70.6 Å². The normalized spacial score (nSPS) is 29.8. The number of rotatable bonds is 7. The van der Waals surface area contributed by atoms with Gasteiger partial charge in [-0.3, -0.25) is 4.79 Å². The minimum atomic E-state index is 0.107. The standard InChI is InChI=1S/C30H39N3O2/c1-35-25-9-7-24(8-10-25)27-19-31-29(33-28(34)14-20-5-3-2-4-6-20)26(32-27)18-30-15-21-11-22(16-30)13-23(12-21)17-30/h7-10,19-23H,2-6,11-18H2,1H3,(H,31,33,34). The number of nitrogens with zero attached hydrogens (tertiary/aromatic N) is 2. The van der Waals surface area contributed by atoms with Crippen molar-refractivity contribution in [3.8, 4) is 17.0 Å². The molecule has 0 atom stereocenters. The molecule has 5 nitrogen and oxygen atoms in total. The summed E-state index contributed by atoms with van der Waals surface area (Å²) in [6.07, 6.45) is 17.8. The summed E-state index contributed by atoms with van der Waals surface area (Å²) in [5.41, 5.74) is 3.23. The fourth-order valence-electron chi connectivity index (χ4n) is 8.25. The number of benzene rings is 1. The maximum Gasteiger partial charge on any atom is 0.225 e. The Labute approximate surface area is 209 Å². The second-order valence-corrected chi connectivity index (χ2v) is 12.1. The van der Waals surface area contributed by atoms with E-state index in [0.29, 0.717) is 23.6 Å². The molecule has 2 aromatic rings. The Kier molecular flexibility index (Phi) is 6.28. The van der Waals surface area contributed by atoms with Gasteiger partial charge in [-0.1, -0.05) is 19.3 Å². The number of aromatic nitrogens is 2. The van der Waals surface area contributed by atoms with E-state index in [9.17, 15) is 4.79 Å². The third-order valence-electron chi connectivity index (χ3n) is 9.39. The maximum atomic E-state index is 13.0. The van der Waals surface area contributed by atoms with Crippen molar-refractivity contribution in [1.82, 2.24) is 9.97 Å². The van der Waals surface area contributed by atoms with Crippen molar-refractivity contribution in [3.05, 3.63) is 36.2 Å². The molecule has 5 saturated carbocycles. The third kappa shape index (κ3) is 4.96. The van der Waals surface area contributed by atoms with Gasteiger partial charge in [0.25, 0.3) is 0 Å². The molecule has 5 heteroatoms. The fraction of sp³-hybridized carbons (Fsp3) is 0.633. The molecule has 1 amide bonds. The van der Waals surface area contributed by atoms with Crippen molar-refractivity contribution in [1.29, 1.82) is 0 Å². The summed E-state index contributed by atoms with van der Waals surface area (Å²) in [5, 5.41) is 3.20. The molecule has 0 saturated heterocycles. The topological polar surface area (TPSA) is 64.1 Å². The number of anilines is 1. The predicted octanol–water partition coefficient (Wildman–Crippen LogP) is 6.82. The van der Waals surface area contributed by atoms with Gasteiger partial charge in [-0.2, -0.15) is 0 Å². The van der Waals surface area contributed by atoms with Crippen LogP contribution in [-0.2, 0) is 11.2 Å². The molecule has 0 radical (unpaired) electrons. The summed E-state index contributed by atoms with van der Waals surface area (Å²) in [4.78, 5) is 23.0. The van der Waals surface area contributed by atoms with Crippen LogP contribution in [0.3, 0.4) is 0 Å². The molecule has 0 aliphatic heterocycles. The largest absolute Gasteiger partial charge is 0.497 e. The summed E-state index contributed by atoms with van der Waals surface area (Å²) in [6, 6.07) is 8.02. The zero-order valence-electron chi connectivity index (χ0n) is 21.1. The summed E-state index contributed by atoms with van der Waals surface area (Å²) in [6.45, 7) is 0. The molecule has 0 spiro atoms. The Morgan fingerprint density at radius 2 is 1.66 bits per heavy atom. The van der Waals surface area contributed by atoms with E-state index in [-0.39, 0.29) is 5.91 Å². The van der Waals surface area contributed by atoms with Gasteiger partial charge in [0.15, 0.2) is 5.82 Å². The first-order chi connectivity index (χ1) is 17.1. The molecular formula is C30H39N3O2. The minimum Gasteiger partial charge on any atom is -0.497 e. The van der Waals surface area contributed by atoms with Crippen LogP contribution in [0.15, 0.2) is 30.5 Å². The quantitative estimate of drug-likeness (QED) is 0.479. The van der Waals surface area contributed by atoms with Crippen LogP contribution >= 0.6 is 0 Å². The summed E-state index contributed by atoms with van der Waals surface area (Å²) in [7, 11) is 1.68. The fourth-order valence-corrected chi connectivity index (χ4v) is 8.25. The van der Waals surface area contributed by atoms with Gasteiger partial charge in [-0.15, -0.1) is 0 Å². The molecule has 1 aromatic heterocycles. The average molecular weight is 474 g/mol. The highest BCUT2D eigenvalue weighted by molar-refractivity contribution is 5.90. The van der Waals surface area contributed by atoms with E-state index >= 15 is 0 Å². The molecule has 1 aromatic carbocycles. The van der Waals surface area contributed by atoms with Gasteiger partial charge in [-0.05, 0) is 111 Å². The first-order valence-corrected chi connectivity index (χ1v) is 13.9. The van der Waals surface area contributed by atoms with Crippen molar-refractivity contribution in [2.45, 2.75) is 83.5 Å². The molecule has 1 heterocycles. The molecule has 5 aliphatic carbocycles. The highest BCUT2D eigenvalue weighted by atomic mass is 16.5. The zero-order chi connectivity index (χ0) is 23.8. The van der Waals surface area contributed by atoms with Crippen LogP contribution in [0.25, 0.3) is 11.3 Å². The van der Waals surface area contributed by atoms with E-state index < -0.39 is 0 Å². The lowest BCUT2D eigenvalue weighted by atomic mass is 9.48. The van der Waals surface area contributed by atoms with Gasteiger partial charge in [-0.25, -0.2) is 9.97 Å². The lowest BCUT2D eigenvalue weighted by Crippen LogP contribution is -2.47. The Balaban J connectivity index is 1.27. The van der Waals surface area contributed by atoms with Crippen molar-refractivity contribution < 1.29 is 9.53 Å². The van der Waals surface area contributed by atoms with Crippen LogP contribution in [-0.4, -0.2) is 23.0 Å². The number of carbonyl (C=O) groups excluding carboxylic acids is 1. The van der Waals surface area contributed by atoms with Crippen molar-refractivity contribution in [3.63, 3.8) is 0 Å². The summed E-state index contributed by atoms with van der Waals surface area (Å²) < 4.78 is 5.33. The van der Waals surface area contributed by atoms with Gasteiger partial charge < -0.3 is 10.1 Å². The molecule has 5 fully saturated rings. The van der Waals surface area contributed by atoms with Gasteiger partial charge in [0.2, 0.25) is 5.91 Å². The number of methoxy groups -OCH3 is 1. The SMILES string of the molecule is COc1ccc(-c2cnc(NC(=O)CC3CCCCC3)c(CC34CC5CC(CC(C5)C3)C4)n2)cc1. The highest BCUT2D eigenvalue weighted by Crippen LogP contribution is 2.61. The van der Waals surface area contributed by atoms with Gasteiger partial charge in [0.1, 0.15) is 5.75 Å². The lowest BCUT2D eigenvalue weighted by Gasteiger charge is -2.57. The predicted molar refractivity (Wildman–Crippen MR) is 138 cm³/mol. The van der Waals surface area contributed by atoms with Crippen molar-refractivity contribution in [2.24, 2.45) is 29.1 Å². The average Bonchev–Trinajstić information content (AvgIpc) is 2.85. The van der Waals surface area contributed by atoms with Crippen LogP contribution in [0, 0.1) is 29.1 Å². The molecule has 4 bridgehead atoms. The second-order valence-electron chi connectivity index (χ2n) is 12.1. The van der Waals surface area contributed by atoms with Crippen LogP contribution in [0.1, 0.15) is 82.7 Å². The third-order valence-corrected chi connectivity index (χ3v) is 9.39.